The van der Waals surface area contributed by atoms with Crippen molar-refractivity contribution in [1.82, 2.24) is 25.2 Å². The number of ether oxygens (including phenoxy) is 2. The lowest BCUT2D eigenvalue weighted by Gasteiger charge is -2.31. The van der Waals surface area contributed by atoms with Crippen LogP contribution < -0.4 is 15.0 Å². The molecule has 13 heteroatoms. The molecular weight excluding hydrogens is 634 g/mol. The number of methoxy groups -OCH3 is 1. The van der Waals surface area contributed by atoms with Gasteiger partial charge in [-0.3, -0.25) is 9.69 Å². The van der Waals surface area contributed by atoms with Crippen molar-refractivity contribution in [3.05, 3.63) is 58.3 Å². The molecule has 0 saturated carbocycles. The monoisotopic (exact) mass is 668 g/mol. The van der Waals surface area contributed by atoms with Gasteiger partial charge in [-0.05, 0) is 80.6 Å². The number of esters is 1. The summed E-state index contributed by atoms with van der Waals surface area (Å²) in [5.74, 6) is 2.58. The summed E-state index contributed by atoms with van der Waals surface area (Å²) in [4.78, 5) is 30.3. The van der Waals surface area contributed by atoms with E-state index in [1.54, 1.807) is 18.5 Å². The molecule has 5 heterocycles. The lowest BCUT2D eigenvalue weighted by Crippen LogP contribution is -2.34. The summed E-state index contributed by atoms with van der Waals surface area (Å²) in [6.45, 7) is 5.54. The molecule has 0 spiro atoms. The van der Waals surface area contributed by atoms with Crippen LogP contribution in [-0.2, 0) is 16.1 Å². The van der Waals surface area contributed by atoms with Crippen LogP contribution in [0.2, 0.25) is 10.0 Å². The largest absolute Gasteiger partial charge is 0.469 e. The van der Waals surface area contributed by atoms with Crippen LogP contribution in [0.25, 0.3) is 11.3 Å². The fraction of sp³-hybridized carbons (Fsp3) is 0.467. The Hall–Kier alpha value is -2.40. The van der Waals surface area contributed by atoms with Crippen molar-refractivity contribution in [3.63, 3.8) is 0 Å². The molecule has 3 fully saturated rings. The van der Waals surface area contributed by atoms with Crippen LogP contribution >= 0.6 is 48.0 Å². The summed E-state index contributed by atoms with van der Waals surface area (Å²) >= 11 is 12.6. The number of halogens is 4. The summed E-state index contributed by atoms with van der Waals surface area (Å²) < 4.78 is 11.0. The summed E-state index contributed by atoms with van der Waals surface area (Å²) in [6.07, 6.45) is 7.02. The van der Waals surface area contributed by atoms with E-state index < -0.39 is 0 Å². The third-order valence-electron chi connectivity index (χ3n) is 8.30. The number of pyridine rings is 1. The number of aromatic nitrogens is 3. The topological polar surface area (TPSA) is 92.7 Å². The maximum atomic E-state index is 11.7. The van der Waals surface area contributed by atoms with Crippen LogP contribution in [0.5, 0.6) is 11.6 Å². The zero-order valence-corrected chi connectivity index (χ0v) is 27.0. The molecule has 0 radical (unpaired) electrons. The standard InChI is InChI=1S/C30H34Cl2N6O3.2ClH/c1-40-29(39)10-19-3-6-37(7-4-19)16-20-8-26(22-11-23(31)13-24(32)12-22)36-28(9-20)41-25-14-34-30(35-15-25)38-17-21-2-5-33-27(21)18-38;;/h8-9,11-15,19,21,27,33H,2-7,10,16-18H2,1H3;2*1H/t21-,27+;;/m0../s1. The van der Waals surface area contributed by atoms with Gasteiger partial charge in [0, 0.05) is 53.8 Å². The lowest BCUT2D eigenvalue weighted by molar-refractivity contribution is -0.142. The molecule has 0 aliphatic carbocycles. The van der Waals surface area contributed by atoms with E-state index in [0.29, 0.717) is 46.0 Å². The van der Waals surface area contributed by atoms with Crippen molar-refractivity contribution in [1.29, 1.82) is 0 Å². The average molecular weight is 670 g/mol. The molecular formula is C30H36Cl4N6O3. The molecule has 232 valence electrons. The number of hydrogen-bond acceptors (Lipinski definition) is 9. The van der Waals surface area contributed by atoms with Crippen molar-refractivity contribution in [3.8, 4) is 22.9 Å². The number of hydrogen-bond donors (Lipinski definition) is 1. The number of nitrogens with zero attached hydrogens (tertiary/aromatic N) is 5. The van der Waals surface area contributed by atoms with Gasteiger partial charge in [-0.2, -0.15) is 0 Å². The molecule has 2 atom stereocenters. The van der Waals surface area contributed by atoms with Crippen molar-refractivity contribution >= 4 is 59.9 Å². The zero-order chi connectivity index (χ0) is 28.3. The van der Waals surface area contributed by atoms with Crippen LogP contribution in [0.3, 0.4) is 0 Å². The summed E-state index contributed by atoms with van der Waals surface area (Å²) in [5, 5.41) is 4.65. The van der Waals surface area contributed by atoms with E-state index in [2.05, 4.69) is 25.1 Å². The fourth-order valence-electron chi connectivity index (χ4n) is 6.14. The Labute approximate surface area is 274 Å². The number of carbonyl (C=O) groups excluding carboxylic acids is 1. The van der Waals surface area contributed by atoms with Gasteiger partial charge in [0.1, 0.15) is 0 Å². The van der Waals surface area contributed by atoms with Gasteiger partial charge in [0.15, 0.2) is 5.75 Å². The SMILES string of the molecule is COC(=O)CC1CCN(Cc2cc(Oc3cnc(N4C[C@@H]5CCN[C@@H]5C4)nc3)nc(-c3cc(Cl)cc(Cl)c3)c2)CC1.Cl.Cl. The molecule has 3 aromatic rings. The van der Waals surface area contributed by atoms with Crippen LogP contribution in [0.1, 0.15) is 31.2 Å². The number of piperidine rings is 1. The van der Waals surface area contributed by atoms with Crippen molar-refractivity contribution in [2.45, 2.75) is 38.3 Å². The minimum atomic E-state index is -0.138. The third kappa shape index (κ3) is 8.41. The molecule has 9 nitrogen and oxygen atoms in total. The minimum absolute atomic E-state index is 0. The van der Waals surface area contributed by atoms with Crippen LogP contribution in [0, 0.1) is 11.8 Å². The Bertz CT molecular complexity index is 1360. The van der Waals surface area contributed by atoms with E-state index in [1.165, 1.54) is 13.5 Å². The molecule has 1 N–H and O–H groups in total. The molecule has 43 heavy (non-hydrogen) atoms. The second-order valence-electron chi connectivity index (χ2n) is 11.2. The molecule has 0 bridgehead atoms. The molecule has 1 aromatic carbocycles. The first-order valence-corrected chi connectivity index (χ1v) is 14.9. The number of fused-ring (bicyclic) bond motifs is 1. The maximum absolute atomic E-state index is 11.7. The van der Waals surface area contributed by atoms with Crippen LogP contribution in [0.15, 0.2) is 42.7 Å². The minimum Gasteiger partial charge on any atom is -0.469 e. The van der Waals surface area contributed by atoms with E-state index in [9.17, 15) is 4.79 Å². The highest BCUT2D eigenvalue weighted by Gasteiger charge is 2.36. The molecule has 3 aliphatic heterocycles. The number of rotatable bonds is 8. The molecule has 0 unspecified atom stereocenters. The molecule has 6 rings (SSSR count). The van der Waals surface area contributed by atoms with E-state index in [0.717, 1.165) is 74.9 Å². The first kappa shape index (κ1) is 33.5. The van der Waals surface area contributed by atoms with E-state index in [4.69, 9.17) is 37.7 Å². The predicted molar refractivity (Wildman–Crippen MR) is 173 cm³/mol. The first-order chi connectivity index (χ1) is 19.9. The molecule has 2 aromatic heterocycles. The highest BCUT2D eigenvalue weighted by atomic mass is 35.5. The zero-order valence-electron chi connectivity index (χ0n) is 23.9. The Morgan fingerprint density at radius 1 is 1.00 bits per heavy atom. The number of benzene rings is 1. The van der Waals surface area contributed by atoms with Gasteiger partial charge in [0.25, 0.3) is 0 Å². The van der Waals surface area contributed by atoms with Crippen LogP contribution in [0.4, 0.5) is 5.95 Å². The second kappa shape index (κ2) is 15.1. The predicted octanol–water partition coefficient (Wildman–Crippen LogP) is 6.05. The second-order valence-corrected chi connectivity index (χ2v) is 12.1. The van der Waals surface area contributed by atoms with Crippen LogP contribution in [-0.4, -0.2) is 71.7 Å². The van der Waals surface area contributed by atoms with Crippen molar-refractivity contribution in [2.75, 3.05) is 44.7 Å². The van der Waals surface area contributed by atoms with Gasteiger partial charge in [0.05, 0.1) is 25.2 Å². The molecule has 3 aliphatic rings. The smallest absolute Gasteiger partial charge is 0.305 e. The highest BCUT2D eigenvalue weighted by molar-refractivity contribution is 6.35. The summed E-state index contributed by atoms with van der Waals surface area (Å²) in [7, 11) is 1.45. The van der Waals surface area contributed by atoms with Gasteiger partial charge in [-0.15, -0.1) is 24.8 Å². The number of likely N-dealkylation sites (tertiary alicyclic amines) is 1. The normalized spacial score (nSPS) is 20.2. The summed E-state index contributed by atoms with van der Waals surface area (Å²) in [6, 6.07) is 9.93. The Morgan fingerprint density at radius 3 is 2.40 bits per heavy atom. The number of nitrogens with one attached hydrogen (secondary N) is 1. The van der Waals surface area contributed by atoms with E-state index in [1.807, 2.05) is 24.3 Å². The van der Waals surface area contributed by atoms with Gasteiger partial charge < -0.3 is 19.7 Å². The van der Waals surface area contributed by atoms with E-state index in [-0.39, 0.29) is 30.8 Å². The molecule has 0 amide bonds. The van der Waals surface area contributed by atoms with Gasteiger partial charge in [-0.25, -0.2) is 15.0 Å². The number of anilines is 1. The summed E-state index contributed by atoms with van der Waals surface area (Å²) in [5.41, 5.74) is 2.59. The quantitative estimate of drug-likeness (QED) is 0.288. The Balaban J connectivity index is 0.00000212. The van der Waals surface area contributed by atoms with Crippen molar-refractivity contribution < 1.29 is 14.3 Å². The average Bonchev–Trinajstić information content (AvgIpc) is 3.57. The third-order valence-corrected chi connectivity index (χ3v) is 8.74. The van der Waals surface area contributed by atoms with Gasteiger partial charge >= 0.3 is 5.97 Å². The fourth-order valence-corrected chi connectivity index (χ4v) is 6.66. The highest BCUT2D eigenvalue weighted by Crippen LogP contribution is 2.32. The Kier molecular flexibility index (Phi) is 11.7. The van der Waals surface area contributed by atoms with Gasteiger partial charge in [-0.1, -0.05) is 23.2 Å². The maximum Gasteiger partial charge on any atom is 0.305 e. The first-order valence-electron chi connectivity index (χ1n) is 14.2. The van der Waals surface area contributed by atoms with Crippen molar-refractivity contribution in [2.24, 2.45) is 11.8 Å². The van der Waals surface area contributed by atoms with E-state index >= 15 is 0 Å². The Morgan fingerprint density at radius 2 is 1.72 bits per heavy atom. The number of carbonyl (C=O) groups is 1. The molecule has 3 saturated heterocycles. The lowest BCUT2D eigenvalue weighted by atomic mass is 9.93. The van der Waals surface area contributed by atoms with Gasteiger partial charge in [0.2, 0.25) is 11.8 Å².